The van der Waals surface area contributed by atoms with E-state index in [0.717, 1.165) is 16.7 Å². The molecule has 0 bridgehead atoms. The number of aliphatic carboxylic acids is 1. The lowest BCUT2D eigenvalue weighted by Gasteiger charge is -2.20. The number of halogens is 1. The minimum atomic E-state index is -3.95. The highest BCUT2D eigenvalue weighted by Crippen LogP contribution is 2.27. The van der Waals surface area contributed by atoms with Crippen LogP contribution >= 0.6 is 11.6 Å². The highest BCUT2D eigenvalue weighted by atomic mass is 35.5. The van der Waals surface area contributed by atoms with E-state index in [-0.39, 0.29) is 26.9 Å². The summed E-state index contributed by atoms with van der Waals surface area (Å²) < 4.78 is 28.7. The Morgan fingerprint density at radius 3 is 2.46 bits per heavy atom. The quantitative estimate of drug-likeness (QED) is 0.786. The molecule has 140 valence electrons. The molecule has 2 aromatic carbocycles. The molecule has 26 heavy (non-hydrogen) atoms. The SMILES string of the molecule is C.O=C(O)C(Cc1ccccc1)NS(=O)(=O)N1Cc2ccc(Cl)cc2C1. The molecule has 2 N–H and O–H groups in total. The number of nitrogens with zero attached hydrogens (tertiary/aromatic N) is 1. The lowest BCUT2D eigenvalue weighted by atomic mass is 10.1. The molecule has 1 unspecified atom stereocenters. The largest absolute Gasteiger partial charge is 0.480 e. The van der Waals surface area contributed by atoms with E-state index in [1.165, 1.54) is 4.31 Å². The standard InChI is InChI=1S/C17H17ClN2O4S.CH4/c18-15-7-6-13-10-20(11-14(13)9-15)25(23,24)19-16(17(21)22)8-12-4-2-1-3-5-12;/h1-7,9,16,19H,8,10-11H2,(H,21,22);1H4. The smallest absolute Gasteiger partial charge is 0.322 e. The molecule has 8 heteroatoms. The van der Waals surface area contributed by atoms with Crippen LogP contribution in [0.1, 0.15) is 24.1 Å². The van der Waals surface area contributed by atoms with Crippen molar-refractivity contribution in [1.82, 2.24) is 9.03 Å². The average molecular weight is 397 g/mol. The normalized spacial score (nSPS) is 15.1. The minimum absolute atomic E-state index is 0. The van der Waals surface area contributed by atoms with E-state index < -0.39 is 22.2 Å². The van der Waals surface area contributed by atoms with Crippen molar-refractivity contribution in [3.05, 3.63) is 70.2 Å². The van der Waals surface area contributed by atoms with Crippen molar-refractivity contribution in [3.63, 3.8) is 0 Å². The first-order valence-corrected chi connectivity index (χ1v) is 9.48. The first-order valence-electron chi connectivity index (χ1n) is 7.66. The summed E-state index contributed by atoms with van der Waals surface area (Å²) in [5, 5.41) is 9.93. The summed E-state index contributed by atoms with van der Waals surface area (Å²) in [7, 11) is -3.95. The van der Waals surface area contributed by atoms with Gasteiger partial charge in [-0.3, -0.25) is 4.79 Å². The Kier molecular flexibility index (Phi) is 6.41. The topological polar surface area (TPSA) is 86.7 Å². The second-order valence-corrected chi connectivity index (χ2v) is 8.02. The van der Waals surface area contributed by atoms with Crippen molar-refractivity contribution in [3.8, 4) is 0 Å². The van der Waals surface area contributed by atoms with Crippen LogP contribution in [0.25, 0.3) is 0 Å². The molecule has 6 nitrogen and oxygen atoms in total. The van der Waals surface area contributed by atoms with Gasteiger partial charge in [-0.25, -0.2) is 0 Å². The van der Waals surface area contributed by atoms with Gasteiger partial charge < -0.3 is 5.11 Å². The van der Waals surface area contributed by atoms with E-state index in [4.69, 9.17) is 11.6 Å². The maximum Gasteiger partial charge on any atom is 0.322 e. The predicted octanol–water partition coefficient (Wildman–Crippen LogP) is 2.82. The molecular weight excluding hydrogens is 376 g/mol. The summed E-state index contributed by atoms with van der Waals surface area (Å²) in [6.45, 7) is 0.364. The predicted molar refractivity (Wildman–Crippen MR) is 101 cm³/mol. The molecule has 0 fully saturated rings. The monoisotopic (exact) mass is 396 g/mol. The molecule has 1 atom stereocenters. The highest BCUT2D eigenvalue weighted by Gasteiger charge is 2.33. The number of hydrogen-bond donors (Lipinski definition) is 2. The Morgan fingerprint density at radius 2 is 1.81 bits per heavy atom. The number of fused-ring (bicyclic) bond motifs is 1. The van der Waals surface area contributed by atoms with Crippen molar-refractivity contribution < 1.29 is 18.3 Å². The summed E-state index contributed by atoms with van der Waals surface area (Å²) in [6, 6.07) is 12.9. The fraction of sp³-hybridized carbons (Fsp3) is 0.278. The number of carboxylic acids is 1. The molecule has 3 rings (SSSR count). The summed E-state index contributed by atoms with van der Waals surface area (Å²) >= 11 is 5.94. The van der Waals surface area contributed by atoms with Gasteiger partial charge in [0, 0.05) is 18.1 Å². The molecule has 2 aromatic rings. The molecule has 1 aliphatic heterocycles. The number of carboxylic acid groups (broad SMARTS) is 1. The Hall–Kier alpha value is -1.93. The van der Waals surface area contributed by atoms with Gasteiger partial charge in [0.05, 0.1) is 0 Å². The van der Waals surface area contributed by atoms with Gasteiger partial charge in [0.15, 0.2) is 0 Å². The first-order chi connectivity index (χ1) is 11.8. The number of hydrogen-bond acceptors (Lipinski definition) is 3. The third kappa shape index (κ3) is 4.62. The van der Waals surface area contributed by atoms with Crippen LogP contribution in [0.3, 0.4) is 0 Å². The van der Waals surface area contributed by atoms with Crippen LogP contribution in [0.2, 0.25) is 5.02 Å². The number of carbonyl (C=O) groups is 1. The molecule has 0 aliphatic carbocycles. The number of benzene rings is 2. The van der Waals surface area contributed by atoms with E-state index in [1.54, 1.807) is 42.5 Å². The minimum Gasteiger partial charge on any atom is -0.480 e. The van der Waals surface area contributed by atoms with E-state index in [1.807, 2.05) is 6.07 Å². The zero-order valence-corrected chi connectivity index (χ0v) is 14.8. The Morgan fingerprint density at radius 1 is 1.15 bits per heavy atom. The van der Waals surface area contributed by atoms with Crippen LogP contribution in [0.15, 0.2) is 48.5 Å². The van der Waals surface area contributed by atoms with Crippen molar-refractivity contribution in [2.75, 3.05) is 0 Å². The van der Waals surface area contributed by atoms with Crippen LogP contribution in [-0.2, 0) is 34.5 Å². The van der Waals surface area contributed by atoms with Crippen LogP contribution in [0, 0.1) is 0 Å². The van der Waals surface area contributed by atoms with E-state index >= 15 is 0 Å². The molecule has 0 saturated carbocycles. The molecule has 0 amide bonds. The van der Waals surface area contributed by atoms with E-state index in [9.17, 15) is 18.3 Å². The van der Waals surface area contributed by atoms with Gasteiger partial charge in [-0.05, 0) is 35.2 Å². The summed E-state index contributed by atoms with van der Waals surface area (Å²) in [6.07, 6.45) is 0.0714. The van der Waals surface area contributed by atoms with Gasteiger partial charge in [-0.1, -0.05) is 55.4 Å². The Balaban J connectivity index is 0.00000243. The van der Waals surface area contributed by atoms with E-state index in [2.05, 4.69) is 4.72 Å². The van der Waals surface area contributed by atoms with Crippen LogP contribution < -0.4 is 4.72 Å². The second-order valence-electron chi connectivity index (χ2n) is 5.88. The van der Waals surface area contributed by atoms with Gasteiger partial charge in [0.2, 0.25) is 0 Å². The molecular formula is C18H21ClN2O4S. The second kappa shape index (κ2) is 8.18. The summed E-state index contributed by atoms with van der Waals surface area (Å²) in [5.74, 6) is -1.22. The fourth-order valence-corrected chi connectivity index (χ4v) is 4.29. The molecule has 0 radical (unpaired) electrons. The van der Waals surface area contributed by atoms with Crippen LogP contribution in [0.4, 0.5) is 0 Å². The summed E-state index contributed by atoms with van der Waals surface area (Å²) in [5.41, 5.74) is 2.44. The van der Waals surface area contributed by atoms with Gasteiger partial charge in [0.1, 0.15) is 6.04 Å². The molecule has 0 aromatic heterocycles. The Labute approximate surface area is 158 Å². The molecule has 0 saturated heterocycles. The van der Waals surface area contributed by atoms with Crippen LogP contribution in [-0.4, -0.2) is 29.8 Å². The van der Waals surface area contributed by atoms with Crippen molar-refractivity contribution >= 4 is 27.8 Å². The maximum absolute atomic E-state index is 12.6. The molecule has 1 heterocycles. The fourth-order valence-electron chi connectivity index (χ4n) is 2.79. The van der Waals surface area contributed by atoms with Gasteiger partial charge in [0.25, 0.3) is 10.2 Å². The first kappa shape index (κ1) is 20.4. The highest BCUT2D eigenvalue weighted by molar-refractivity contribution is 7.87. The lowest BCUT2D eigenvalue weighted by Crippen LogP contribution is -2.47. The van der Waals surface area contributed by atoms with Crippen molar-refractivity contribution in [2.45, 2.75) is 33.0 Å². The zero-order valence-electron chi connectivity index (χ0n) is 13.2. The van der Waals surface area contributed by atoms with Gasteiger partial charge in [-0.2, -0.15) is 17.4 Å². The number of rotatable bonds is 6. The number of nitrogens with one attached hydrogen (secondary N) is 1. The average Bonchev–Trinajstić information content (AvgIpc) is 2.99. The molecule has 1 aliphatic rings. The molecule has 0 spiro atoms. The zero-order chi connectivity index (χ0) is 18.0. The van der Waals surface area contributed by atoms with Gasteiger partial charge in [-0.15, -0.1) is 0 Å². The van der Waals surface area contributed by atoms with Gasteiger partial charge >= 0.3 is 5.97 Å². The third-order valence-electron chi connectivity index (χ3n) is 4.07. The maximum atomic E-state index is 12.6. The van der Waals surface area contributed by atoms with Crippen LogP contribution in [0.5, 0.6) is 0 Å². The van der Waals surface area contributed by atoms with E-state index in [0.29, 0.717) is 5.02 Å². The lowest BCUT2D eigenvalue weighted by molar-refractivity contribution is -0.138. The van der Waals surface area contributed by atoms with Crippen molar-refractivity contribution in [1.29, 1.82) is 0 Å². The van der Waals surface area contributed by atoms with Crippen molar-refractivity contribution in [2.24, 2.45) is 0 Å². The Bertz CT molecular complexity index is 887. The summed E-state index contributed by atoms with van der Waals surface area (Å²) in [4.78, 5) is 11.5. The third-order valence-corrected chi connectivity index (χ3v) is 5.83.